The highest BCUT2D eigenvalue weighted by Crippen LogP contribution is 2.37. The number of pyridine rings is 1. The van der Waals surface area contributed by atoms with Gasteiger partial charge in [0.05, 0.1) is 17.1 Å². The summed E-state index contributed by atoms with van der Waals surface area (Å²) in [6.45, 7) is 5.92. The number of carbonyl (C=O) groups is 2. The molecule has 0 spiro atoms. The Morgan fingerprint density at radius 1 is 1.00 bits per heavy atom. The Morgan fingerprint density at radius 3 is 2.46 bits per heavy atom. The van der Waals surface area contributed by atoms with Crippen molar-refractivity contribution in [2.75, 3.05) is 23.7 Å². The summed E-state index contributed by atoms with van der Waals surface area (Å²) in [5, 5.41) is 10.4. The van der Waals surface area contributed by atoms with Crippen LogP contribution < -0.4 is 10.6 Å². The maximum absolute atomic E-state index is 13.5. The molecular weight excluding hydrogens is 553 g/mol. The van der Waals surface area contributed by atoms with Crippen LogP contribution in [0.1, 0.15) is 37.9 Å². The Labute approximate surface area is 239 Å². The number of ether oxygens (including phenoxy) is 1. The number of hydrogen-bond acceptors (Lipinski definition) is 6. The van der Waals surface area contributed by atoms with Gasteiger partial charge in [-0.05, 0) is 73.5 Å². The molecule has 4 aromatic rings. The number of alkyl halides is 3. The number of anilines is 3. The van der Waals surface area contributed by atoms with E-state index in [1.165, 1.54) is 17.4 Å². The molecule has 41 heavy (non-hydrogen) atoms. The van der Waals surface area contributed by atoms with E-state index in [2.05, 4.69) is 15.6 Å². The molecule has 0 radical (unpaired) electrons. The molecule has 2 atom stereocenters. The van der Waals surface area contributed by atoms with E-state index in [0.29, 0.717) is 23.3 Å². The Bertz CT molecular complexity index is 1570. The molecule has 0 saturated carbocycles. The minimum absolute atomic E-state index is 0.197. The second-order valence-corrected chi connectivity index (χ2v) is 11.7. The molecule has 1 saturated heterocycles. The highest BCUT2D eigenvalue weighted by atomic mass is 32.1. The summed E-state index contributed by atoms with van der Waals surface area (Å²) >= 11 is 1.52. The number of nitrogens with zero attached hydrogens (tertiary/aromatic N) is 2. The van der Waals surface area contributed by atoms with Gasteiger partial charge in [-0.15, -0.1) is 0 Å². The van der Waals surface area contributed by atoms with E-state index in [9.17, 15) is 22.8 Å². The quantitative estimate of drug-likeness (QED) is 0.253. The van der Waals surface area contributed by atoms with Gasteiger partial charge in [-0.25, -0.2) is 9.78 Å². The highest BCUT2D eigenvalue weighted by Gasteiger charge is 2.42. The van der Waals surface area contributed by atoms with Gasteiger partial charge in [-0.3, -0.25) is 4.79 Å². The molecule has 11 heteroatoms. The van der Waals surface area contributed by atoms with Crippen molar-refractivity contribution in [1.29, 1.82) is 0 Å². The topological polar surface area (TPSA) is 83.6 Å². The molecule has 1 fully saturated rings. The van der Waals surface area contributed by atoms with Gasteiger partial charge in [-0.1, -0.05) is 24.3 Å². The first-order valence-corrected chi connectivity index (χ1v) is 14.0. The van der Waals surface area contributed by atoms with Gasteiger partial charge in [0, 0.05) is 35.8 Å². The molecule has 5 rings (SSSR count). The lowest BCUT2D eigenvalue weighted by molar-refractivity contribution is -0.140. The number of halogens is 3. The second-order valence-electron chi connectivity index (χ2n) is 10.9. The minimum atomic E-state index is -4.61. The van der Waals surface area contributed by atoms with Crippen molar-refractivity contribution in [2.45, 2.75) is 38.5 Å². The van der Waals surface area contributed by atoms with Crippen molar-refractivity contribution in [1.82, 2.24) is 9.88 Å². The van der Waals surface area contributed by atoms with Gasteiger partial charge in [0.15, 0.2) is 0 Å². The van der Waals surface area contributed by atoms with Crippen LogP contribution in [0.25, 0.3) is 10.9 Å². The van der Waals surface area contributed by atoms with Crippen molar-refractivity contribution in [3.8, 4) is 0 Å². The van der Waals surface area contributed by atoms with E-state index in [-0.39, 0.29) is 29.6 Å². The summed E-state index contributed by atoms with van der Waals surface area (Å²) in [6, 6.07) is 16.3. The van der Waals surface area contributed by atoms with E-state index in [1.807, 2.05) is 16.8 Å². The summed E-state index contributed by atoms with van der Waals surface area (Å²) in [5.41, 5.74) is 0.721. The zero-order valence-electron chi connectivity index (χ0n) is 22.7. The normalized spacial score (nSPS) is 17.5. The second kappa shape index (κ2) is 11.0. The van der Waals surface area contributed by atoms with E-state index in [4.69, 9.17) is 4.74 Å². The van der Waals surface area contributed by atoms with Crippen LogP contribution in [0.3, 0.4) is 0 Å². The van der Waals surface area contributed by atoms with Crippen LogP contribution in [0.2, 0.25) is 0 Å². The summed E-state index contributed by atoms with van der Waals surface area (Å²) in [7, 11) is 0. The van der Waals surface area contributed by atoms with Crippen molar-refractivity contribution >= 4 is 51.3 Å². The van der Waals surface area contributed by atoms with Crippen molar-refractivity contribution in [3.63, 3.8) is 0 Å². The molecule has 0 bridgehead atoms. The number of benzene rings is 2. The molecular formula is C30H29F3N4O3S. The molecule has 2 N–H and O–H groups in total. The third-order valence-electron chi connectivity index (χ3n) is 6.70. The molecule has 214 valence electrons. The first-order valence-electron chi connectivity index (χ1n) is 13.0. The Kier molecular flexibility index (Phi) is 7.65. The first-order chi connectivity index (χ1) is 19.4. The predicted octanol–water partition coefficient (Wildman–Crippen LogP) is 7.65. The van der Waals surface area contributed by atoms with Gasteiger partial charge in [0.2, 0.25) is 5.91 Å². The fraction of sp³-hybridized carbons (Fsp3) is 0.300. The molecule has 2 aromatic heterocycles. The fourth-order valence-electron chi connectivity index (χ4n) is 4.86. The number of para-hydroxylation sites is 1. The molecule has 0 unspecified atom stereocenters. The number of aromatic nitrogens is 1. The average molecular weight is 583 g/mol. The van der Waals surface area contributed by atoms with Crippen LogP contribution in [0.5, 0.6) is 0 Å². The van der Waals surface area contributed by atoms with Crippen molar-refractivity contribution in [3.05, 3.63) is 82.7 Å². The predicted molar refractivity (Wildman–Crippen MR) is 153 cm³/mol. The lowest BCUT2D eigenvalue weighted by Crippen LogP contribution is -2.36. The van der Waals surface area contributed by atoms with Crippen LogP contribution in [0, 0.1) is 5.92 Å². The maximum atomic E-state index is 13.5. The van der Waals surface area contributed by atoms with Gasteiger partial charge in [0.25, 0.3) is 0 Å². The van der Waals surface area contributed by atoms with Crippen LogP contribution >= 0.6 is 11.3 Å². The van der Waals surface area contributed by atoms with E-state index in [1.54, 1.807) is 68.1 Å². The number of amides is 2. The molecule has 3 heterocycles. The summed E-state index contributed by atoms with van der Waals surface area (Å²) in [6.07, 6.45) is -5.08. The number of carbonyl (C=O) groups excluding carboxylic acids is 2. The summed E-state index contributed by atoms with van der Waals surface area (Å²) < 4.78 is 46.1. The standard InChI is InChI=1S/C30H29F3N4O3S/c1-29(2,3)40-28(39)37-15-22(18-11-12-41-17-18)23(16-37)27(38)35-20-8-6-7-19(13-20)34-25-14-26(30(31,32)33)36-24-10-5-4-9-21(24)25/h4-14,17,22-23H,15-16H2,1-3H3,(H,34,36)(H,35,38)/t22-,23+/m1/s1. The molecule has 1 aliphatic rings. The van der Waals surface area contributed by atoms with Crippen molar-refractivity contribution in [2.24, 2.45) is 5.92 Å². The van der Waals surface area contributed by atoms with Crippen molar-refractivity contribution < 1.29 is 27.5 Å². The van der Waals surface area contributed by atoms with Gasteiger partial charge in [0.1, 0.15) is 11.3 Å². The molecule has 0 aliphatic carbocycles. The third kappa shape index (κ3) is 6.62. The number of thiophene rings is 1. The van der Waals surface area contributed by atoms with Gasteiger partial charge in [-0.2, -0.15) is 24.5 Å². The van der Waals surface area contributed by atoms with Crippen LogP contribution in [0.4, 0.5) is 35.0 Å². The fourth-order valence-corrected chi connectivity index (χ4v) is 5.58. The Balaban J connectivity index is 1.36. The Morgan fingerprint density at radius 2 is 1.76 bits per heavy atom. The molecule has 2 aromatic carbocycles. The minimum Gasteiger partial charge on any atom is -0.444 e. The lowest BCUT2D eigenvalue weighted by atomic mass is 9.90. The number of hydrogen-bond donors (Lipinski definition) is 2. The smallest absolute Gasteiger partial charge is 0.433 e. The van der Waals surface area contributed by atoms with Crippen LogP contribution in [-0.2, 0) is 15.7 Å². The third-order valence-corrected chi connectivity index (χ3v) is 7.40. The lowest BCUT2D eigenvalue weighted by Gasteiger charge is -2.24. The number of likely N-dealkylation sites (tertiary alicyclic amines) is 1. The van der Waals surface area contributed by atoms with E-state index in [0.717, 1.165) is 11.6 Å². The molecule has 7 nitrogen and oxygen atoms in total. The summed E-state index contributed by atoms with van der Waals surface area (Å²) in [5.74, 6) is -0.996. The van der Waals surface area contributed by atoms with Gasteiger partial charge < -0.3 is 20.3 Å². The SMILES string of the molecule is CC(C)(C)OC(=O)N1C[C@H](C(=O)Nc2cccc(Nc3cc(C(F)(F)F)nc4ccccc34)c2)[C@@H](c2ccsc2)C1. The molecule has 1 aliphatic heterocycles. The zero-order valence-corrected chi connectivity index (χ0v) is 23.5. The highest BCUT2D eigenvalue weighted by molar-refractivity contribution is 7.08. The first kappa shape index (κ1) is 28.4. The molecule has 2 amide bonds. The largest absolute Gasteiger partial charge is 0.444 e. The number of rotatable bonds is 5. The van der Waals surface area contributed by atoms with Crippen LogP contribution in [-0.4, -0.2) is 40.6 Å². The summed E-state index contributed by atoms with van der Waals surface area (Å²) in [4.78, 5) is 31.6. The number of nitrogens with one attached hydrogen (secondary N) is 2. The average Bonchev–Trinajstić information content (AvgIpc) is 3.58. The monoisotopic (exact) mass is 582 g/mol. The maximum Gasteiger partial charge on any atom is 0.433 e. The van der Waals surface area contributed by atoms with Crippen LogP contribution in [0.15, 0.2) is 71.4 Å². The zero-order chi connectivity index (χ0) is 29.4. The van der Waals surface area contributed by atoms with Gasteiger partial charge >= 0.3 is 12.3 Å². The van der Waals surface area contributed by atoms with E-state index >= 15 is 0 Å². The Hall–Kier alpha value is -4.12. The number of fused-ring (bicyclic) bond motifs is 1. The van der Waals surface area contributed by atoms with E-state index < -0.39 is 29.5 Å².